The predicted molar refractivity (Wildman–Crippen MR) is 91.3 cm³/mol. The van der Waals surface area contributed by atoms with E-state index in [9.17, 15) is 14.7 Å². The molecule has 0 aliphatic carbocycles. The Kier molecular flexibility index (Phi) is 3.89. The number of nitrogens with zero attached hydrogens (tertiary/aromatic N) is 1. The first-order valence-corrected chi connectivity index (χ1v) is 7.72. The lowest BCUT2D eigenvalue weighted by Crippen LogP contribution is -2.38. The lowest BCUT2D eigenvalue weighted by atomic mass is 9.89. The van der Waals surface area contributed by atoms with Crippen LogP contribution in [0.2, 0.25) is 0 Å². The van der Waals surface area contributed by atoms with Crippen LogP contribution < -0.4 is 10.3 Å². The van der Waals surface area contributed by atoms with E-state index in [1.54, 1.807) is 36.5 Å². The molecule has 0 atom stereocenters. The molecule has 1 aliphatic rings. The van der Waals surface area contributed by atoms with Gasteiger partial charge >= 0.3 is 0 Å². The summed E-state index contributed by atoms with van der Waals surface area (Å²) in [6, 6.07) is 10.0. The second kappa shape index (κ2) is 5.76. The Bertz CT molecular complexity index is 906. The minimum absolute atomic E-state index is 0.0760. The molecule has 2 aromatic rings. The molecule has 3 rings (SSSR count). The molecular weight excluding hydrogens is 306 g/mol. The van der Waals surface area contributed by atoms with Gasteiger partial charge in [-0.2, -0.15) is 0 Å². The molecule has 2 heterocycles. The molecule has 0 spiro atoms. The van der Waals surface area contributed by atoms with Gasteiger partial charge < -0.3 is 9.84 Å². The summed E-state index contributed by atoms with van der Waals surface area (Å²) >= 11 is 0. The molecule has 1 aromatic heterocycles. The van der Waals surface area contributed by atoms with Crippen molar-refractivity contribution >= 4 is 11.5 Å². The minimum Gasteiger partial charge on any atom is -0.483 e. The van der Waals surface area contributed by atoms with E-state index in [2.05, 4.69) is 0 Å². The summed E-state index contributed by atoms with van der Waals surface area (Å²) in [5.41, 5.74) is 1.32. The van der Waals surface area contributed by atoms with Gasteiger partial charge in [-0.15, -0.1) is 0 Å². The number of ketones is 1. The maximum Gasteiger partial charge on any atom is 0.255 e. The zero-order chi connectivity index (χ0) is 17.5. The summed E-state index contributed by atoms with van der Waals surface area (Å²) in [5.74, 6) is 0.501. The first-order valence-electron chi connectivity index (χ1n) is 7.72. The summed E-state index contributed by atoms with van der Waals surface area (Å²) in [4.78, 5) is 24.1. The van der Waals surface area contributed by atoms with Crippen LogP contribution in [0.1, 0.15) is 36.7 Å². The number of benzene rings is 1. The number of aliphatic hydroxyl groups excluding tert-OH is 1. The van der Waals surface area contributed by atoms with E-state index < -0.39 is 5.60 Å². The first kappa shape index (κ1) is 16.2. The highest BCUT2D eigenvalue weighted by molar-refractivity contribution is 5.95. The first-order chi connectivity index (χ1) is 11.3. The number of hydrogen-bond acceptors (Lipinski definition) is 4. The van der Waals surface area contributed by atoms with Crippen molar-refractivity contribution in [2.75, 3.05) is 6.61 Å². The van der Waals surface area contributed by atoms with Crippen LogP contribution in [0.25, 0.3) is 5.70 Å². The van der Waals surface area contributed by atoms with Gasteiger partial charge in [-0.1, -0.05) is 6.07 Å². The van der Waals surface area contributed by atoms with Crippen LogP contribution >= 0.6 is 0 Å². The maximum absolute atomic E-state index is 12.4. The zero-order valence-corrected chi connectivity index (χ0v) is 13.9. The number of carbonyl (C=O) groups is 1. The van der Waals surface area contributed by atoms with Crippen LogP contribution in [-0.2, 0) is 0 Å². The molecule has 0 fully saturated rings. The van der Waals surface area contributed by atoms with Gasteiger partial charge in [-0.3, -0.25) is 14.2 Å². The quantitative estimate of drug-likeness (QED) is 0.880. The minimum atomic E-state index is -0.774. The SMILES string of the molecule is CC(=O)c1ccc2c(c1)C(n1ccccc1=O)=C(CO)C(C)(C)O2. The molecular formula is C19H19NO4. The van der Waals surface area contributed by atoms with Gasteiger partial charge in [0.25, 0.3) is 5.56 Å². The molecule has 0 saturated heterocycles. The Hall–Kier alpha value is -2.66. The highest BCUT2D eigenvalue weighted by atomic mass is 16.5. The van der Waals surface area contributed by atoms with E-state index in [0.29, 0.717) is 28.1 Å². The molecule has 1 aromatic carbocycles. The van der Waals surface area contributed by atoms with Crippen LogP contribution in [0.4, 0.5) is 0 Å². The molecule has 124 valence electrons. The number of aromatic nitrogens is 1. The number of pyridine rings is 1. The maximum atomic E-state index is 12.4. The van der Waals surface area contributed by atoms with E-state index in [0.717, 1.165) is 0 Å². The molecule has 0 amide bonds. The molecule has 0 unspecified atom stereocenters. The standard InChI is InChI=1S/C19H19NO4/c1-12(22)13-7-8-16-14(10-13)18(15(11-21)19(2,3)24-16)20-9-5-4-6-17(20)23/h4-10,21H,11H2,1-3H3. The Morgan fingerprint density at radius 3 is 2.62 bits per heavy atom. The number of carbonyl (C=O) groups excluding carboxylic acids is 1. The Labute approximate surface area is 139 Å². The van der Waals surface area contributed by atoms with Crippen molar-refractivity contribution in [2.24, 2.45) is 0 Å². The predicted octanol–water partition coefficient (Wildman–Crippen LogP) is 2.47. The van der Waals surface area contributed by atoms with E-state index in [1.807, 2.05) is 13.8 Å². The van der Waals surface area contributed by atoms with Crippen molar-refractivity contribution in [1.82, 2.24) is 4.57 Å². The summed E-state index contributed by atoms with van der Waals surface area (Å²) in [6.07, 6.45) is 1.65. The Balaban J connectivity index is 2.39. The van der Waals surface area contributed by atoms with E-state index >= 15 is 0 Å². The largest absolute Gasteiger partial charge is 0.483 e. The average Bonchev–Trinajstić information content (AvgIpc) is 2.53. The van der Waals surface area contributed by atoms with Crippen molar-refractivity contribution in [2.45, 2.75) is 26.4 Å². The number of ether oxygens (including phenoxy) is 1. The fourth-order valence-electron chi connectivity index (χ4n) is 2.96. The van der Waals surface area contributed by atoms with E-state index in [4.69, 9.17) is 4.74 Å². The van der Waals surface area contributed by atoms with Gasteiger partial charge in [-0.05, 0) is 45.0 Å². The second-order valence-corrected chi connectivity index (χ2v) is 6.27. The zero-order valence-electron chi connectivity index (χ0n) is 13.9. The summed E-state index contributed by atoms with van der Waals surface area (Å²) in [7, 11) is 0. The molecule has 0 bridgehead atoms. The van der Waals surface area contributed by atoms with Gasteiger partial charge in [0.1, 0.15) is 11.4 Å². The number of fused-ring (bicyclic) bond motifs is 1. The van der Waals surface area contributed by atoms with Crippen LogP contribution in [0.3, 0.4) is 0 Å². The molecule has 24 heavy (non-hydrogen) atoms. The van der Waals surface area contributed by atoms with Gasteiger partial charge in [0.05, 0.1) is 12.3 Å². The number of aliphatic hydroxyl groups is 1. The molecule has 1 N–H and O–H groups in total. The average molecular weight is 325 g/mol. The third kappa shape index (κ3) is 2.57. The van der Waals surface area contributed by atoms with Gasteiger partial charge in [0.2, 0.25) is 0 Å². The van der Waals surface area contributed by atoms with E-state index in [1.165, 1.54) is 17.6 Å². The summed E-state index contributed by atoms with van der Waals surface area (Å²) in [5, 5.41) is 9.93. The lowest BCUT2D eigenvalue weighted by molar-refractivity contribution is 0.101. The van der Waals surface area contributed by atoms with Crippen molar-refractivity contribution in [3.8, 4) is 5.75 Å². The molecule has 0 radical (unpaired) electrons. The summed E-state index contributed by atoms with van der Waals surface area (Å²) < 4.78 is 7.49. The number of hydrogen-bond donors (Lipinski definition) is 1. The molecule has 0 saturated carbocycles. The van der Waals surface area contributed by atoms with Crippen molar-refractivity contribution in [3.05, 3.63) is 69.6 Å². The van der Waals surface area contributed by atoms with Crippen LogP contribution in [0.15, 0.2) is 53.0 Å². The molecule has 1 aliphatic heterocycles. The fourth-order valence-corrected chi connectivity index (χ4v) is 2.96. The second-order valence-electron chi connectivity index (χ2n) is 6.27. The van der Waals surface area contributed by atoms with E-state index in [-0.39, 0.29) is 17.9 Å². The van der Waals surface area contributed by atoms with Gasteiger partial charge in [0.15, 0.2) is 5.78 Å². The van der Waals surface area contributed by atoms with Crippen molar-refractivity contribution in [3.63, 3.8) is 0 Å². The van der Waals surface area contributed by atoms with Gasteiger partial charge in [-0.25, -0.2) is 0 Å². The molecule has 5 nitrogen and oxygen atoms in total. The Morgan fingerprint density at radius 2 is 2.00 bits per heavy atom. The third-order valence-electron chi connectivity index (χ3n) is 4.24. The van der Waals surface area contributed by atoms with Crippen molar-refractivity contribution < 1.29 is 14.6 Å². The highest BCUT2D eigenvalue weighted by Crippen LogP contribution is 2.41. The smallest absolute Gasteiger partial charge is 0.255 e. The Morgan fingerprint density at radius 1 is 1.25 bits per heavy atom. The number of Topliss-reactive ketones (excluding diaryl/α,β-unsaturated/α-hetero) is 1. The fraction of sp³-hybridized carbons (Fsp3) is 0.263. The topological polar surface area (TPSA) is 68.5 Å². The van der Waals surface area contributed by atoms with Gasteiger partial charge in [0, 0.05) is 29.0 Å². The van der Waals surface area contributed by atoms with Crippen LogP contribution in [-0.4, -0.2) is 27.7 Å². The summed E-state index contributed by atoms with van der Waals surface area (Å²) in [6.45, 7) is 4.91. The van der Waals surface area contributed by atoms with Crippen LogP contribution in [0.5, 0.6) is 5.75 Å². The monoisotopic (exact) mass is 325 g/mol. The normalized spacial score (nSPS) is 15.7. The van der Waals surface area contributed by atoms with Crippen molar-refractivity contribution in [1.29, 1.82) is 0 Å². The third-order valence-corrected chi connectivity index (χ3v) is 4.24. The highest BCUT2D eigenvalue weighted by Gasteiger charge is 2.35. The molecule has 5 heteroatoms. The lowest BCUT2D eigenvalue weighted by Gasteiger charge is -2.36. The number of rotatable bonds is 3. The van der Waals surface area contributed by atoms with Crippen LogP contribution in [0, 0.1) is 0 Å².